The van der Waals surface area contributed by atoms with E-state index in [1.54, 1.807) is 12.4 Å². The van der Waals surface area contributed by atoms with Gasteiger partial charge < -0.3 is 10.0 Å². The van der Waals surface area contributed by atoms with Crippen molar-refractivity contribution in [2.24, 2.45) is 0 Å². The van der Waals surface area contributed by atoms with Crippen LogP contribution in [0, 0.1) is 0 Å². The first-order valence-electron chi connectivity index (χ1n) is 6.02. The Bertz CT molecular complexity index is 292. The zero-order valence-corrected chi connectivity index (χ0v) is 10.5. The lowest BCUT2D eigenvalue weighted by molar-refractivity contribution is -0.0203. The molecule has 0 amide bonds. The van der Waals surface area contributed by atoms with Gasteiger partial charge in [-0.15, -0.1) is 0 Å². The van der Waals surface area contributed by atoms with Crippen LogP contribution >= 0.6 is 0 Å². The summed E-state index contributed by atoms with van der Waals surface area (Å²) in [7, 11) is 2.09. The number of pyridine rings is 1. The average molecular weight is 222 g/mol. The molecule has 1 aliphatic heterocycles. The highest BCUT2D eigenvalue weighted by Gasteiger charge is 2.32. The summed E-state index contributed by atoms with van der Waals surface area (Å²) >= 11 is 0. The molecule has 0 aliphatic carbocycles. The molecule has 1 aromatic rings. The van der Waals surface area contributed by atoms with Crippen LogP contribution in [0.15, 0.2) is 24.5 Å². The van der Waals surface area contributed by atoms with E-state index >= 15 is 0 Å². The van der Waals surface area contributed by atoms with Crippen molar-refractivity contribution in [1.82, 2.24) is 9.88 Å². The highest BCUT2D eigenvalue weighted by atomic mass is 16.3. The van der Waals surface area contributed by atoms with Gasteiger partial charge in [0.2, 0.25) is 0 Å². The molecule has 1 fully saturated rings. The van der Waals surface area contributed by atoms with E-state index in [9.17, 15) is 5.11 Å². The van der Waals surface area contributed by atoms with Crippen LogP contribution in [0.4, 0.5) is 0 Å². The Morgan fingerprint density at radius 2 is 1.69 bits per heavy atom. The number of likely N-dealkylation sites (tertiary alicyclic amines) is 1. The number of rotatable bonds is 1. The second kappa shape index (κ2) is 5.97. The second-order valence-corrected chi connectivity index (χ2v) is 4.07. The number of hydrogen-bond donors (Lipinski definition) is 1. The quantitative estimate of drug-likeness (QED) is 0.789. The van der Waals surface area contributed by atoms with Crippen molar-refractivity contribution in [1.29, 1.82) is 0 Å². The molecule has 3 nitrogen and oxygen atoms in total. The summed E-state index contributed by atoms with van der Waals surface area (Å²) in [5.74, 6) is 0. The van der Waals surface area contributed by atoms with Gasteiger partial charge in [0, 0.05) is 25.5 Å². The van der Waals surface area contributed by atoms with Crippen molar-refractivity contribution < 1.29 is 5.11 Å². The Morgan fingerprint density at radius 1 is 1.19 bits per heavy atom. The minimum absolute atomic E-state index is 0.630. The first-order chi connectivity index (χ1) is 7.71. The molecule has 1 aliphatic rings. The summed E-state index contributed by atoms with van der Waals surface area (Å²) in [4.78, 5) is 6.21. The molecule has 0 saturated carbocycles. The third-order valence-electron chi connectivity index (χ3n) is 3.03. The zero-order valence-electron chi connectivity index (χ0n) is 10.5. The van der Waals surface area contributed by atoms with Crippen LogP contribution in [0.25, 0.3) is 0 Å². The van der Waals surface area contributed by atoms with Crippen LogP contribution in [0.2, 0.25) is 0 Å². The highest BCUT2D eigenvalue weighted by Crippen LogP contribution is 2.31. The maximum absolute atomic E-state index is 10.4. The van der Waals surface area contributed by atoms with Gasteiger partial charge in [-0.1, -0.05) is 13.8 Å². The summed E-state index contributed by atoms with van der Waals surface area (Å²) in [6.45, 7) is 5.91. The number of hydrogen-bond acceptors (Lipinski definition) is 3. The van der Waals surface area contributed by atoms with E-state index in [2.05, 4.69) is 16.9 Å². The van der Waals surface area contributed by atoms with Gasteiger partial charge in [-0.25, -0.2) is 0 Å². The van der Waals surface area contributed by atoms with Gasteiger partial charge in [0.25, 0.3) is 0 Å². The highest BCUT2D eigenvalue weighted by molar-refractivity contribution is 5.19. The lowest BCUT2D eigenvalue weighted by Crippen LogP contribution is -2.40. The lowest BCUT2D eigenvalue weighted by atomic mass is 9.85. The molecule has 1 saturated heterocycles. The monoisotopic (exact) mass is 222 g/mol. The third kappa shape index (κ3) is 3.03. The topological polar surface area (TPSA) is 36.4 Å². The van der Waals surface area contributed by atoms with Gasteiger partial charge in [0.05, 0.1) is 5.60 Å². The smallest absolute Gasteiger partial charge is 0.0922 e. The molecule has 0 bridgehead atoms. The van der Waals surface area contributed by atoms with Crippen LogP contribution in [-0.2, 0) is 5.60 Å². The number of nitrogens with zero attached hydrogens (tertiary/aromatic N) is 2. The third-order valence-corrected chi connectivity index (χ3v) is 3.03. The van der Waals surface area contributed by atoms with Crippen molar-refractivity contribution >= 4 is 0 Å². The van der Waals surface area contributed by atoms with Crippen molar-refractivity contribution in [3.05, 3.63) is 30.1 Å². The van der Waals surface area contributed by atoms with Crippen LogP contribution in [0.1, 0.15) is 32.3 Å². The summed E-state index contributed by atoms with van der Waals surface area (Å²) in [6.07, 6.45) is 5.11. The Hall–Kier alpha value is -0.930. The largest absolute Gasteiger partial charge is 0.385 e. The normalized spacial score (nSPS) is 19.8. The fraction of sp³-hybridized carbons (Fsp3) is 0.615. The van der Waals surface area contributed by atoms with E-state index in [1.165, 1.54) is 0 Å². The van der Waals surface area contributed by atoms with Crippen molar-refractivity contribution in [3.8, 4) is 0 Å². The van der Waals surface area contributed by atoms with Crippen LogP contribution in [0.3, 0.4) is 0 Å². The Morgan fingerprint density at radius 3 is 2.19 bits per heavy atom. The molecular formula is C13H22N2O. The second-order valence-electron chi connectivity index (χ2n) is 4.07. The van der Waals surface area contributed by atoms with Crippen LogP contribution < -0.4 is 0 Å². The van der Waals surface area contributed by atoms with E-state index in [4.69, 9.17) is 0 Å². The van der Waals surface area contributed by atoms with Gasteiger partial charge in [-0.3, -0.25) is 4.98 Å². The van der Waals surface area contributed by atoms with Gasteiger partial charge in [-0.2, -0.15) is 0 Å². The van der Waals surface area contributed by atoms with E-state index in [-0.39, 0.29) is 0 Å². The van der Waals surface area contributed by atoms with Gasteiger partial charge in [0.1, 0.15) is 0 Å². The number of aliphatic hydroxyl groups is 1. The summed E-state index contributed by atoms with van der Waals surface area (Å²) in [5.41, 5.74) is 0.371. The fourth-order valence-electron chi connectivity index (χ4n) is 1.94. The standard InChI is InChI=1S/C11H16N2O.C2H6/c1-13-8-4-11(14,5-9-13)10-2-6-12-7-3-10;1-2/h2-3,6-7,14H,4-5,8-9H2,1H3;1-2H3. The predicted octanol–water partition coefficient (Wildman–Crippen LogP) is 2.02. The van der Waals surface area contributed by atoms with Gasteiger partial charge in [-0.05, 0) is 37.6 Å². The molecule has 0 spiro atoms. The number of aromatic nitrogens is 1. The maximum atomic E-state index is 10.4. The Balaban J connectivity index is 0.000000606. The molecule has 0 radical (unpaired) electrons. The lowest BCUT2D eigenvalue weighted by Gasteiger charge is -2.36. The molecule has 0 unspecified atom stereocenters. The first-order valence-corrected chi connectivity index (χ1v) is 6.02. The van der Waals surface area contributed by atoms with Crippen LogP contribution in [-0.4, -0.2) is 35.1 Å². The first kappa shape index (κ1) is 13.1. The molecule has 0 atom stereocenters. The SMILES string of the molecule is CC.CN1CCC(O)(c2ccncc2)CC1. The molecule has 1 aromatic heterocycles. The molecule has 0 aromatic carbocycles. The van der Waals surface area contributed by atoms with E-state index in [1.807, 2.05) is 26.0 Å². The van der Waals surface area contributed by atoms with Gasteiger partial charge in [0.15, 0.2) is 0 Å². The predicted molar refractivity (Wildman–Crippen MR) is 66.2 cm³/mol. The van der Waals surface area contributed by atoms with Gasteiger partial charge >= 0.3 is 0 Å². The van der Waals surface area contributed by atoms with E-state index in [0.717, 1.165) is 31.5 Å². The summed E-state index contributed by atoms with van der Waals surface area (Å²) < 4.78 is 0. The summed E-state index contributed by atoms with van der Waals surface area (Å²) in [5, 5.41) is 10.4. The Kier molecular flexibility index (Phi) is 4.90. The molecule has 1 N–H and O–H groups in total. The molecule has 90 valence electrons. The molecular weight excluding hydrogens is 200 g/mol. The van der Waals surface area contributed by atoms with Crippen molar-refractivity contribution in [2.75, 3.05) is 20.1 Å². The minimum Gasteiger partial charge on any atom is -0.385 e. The molecule has 2 rings (SSSR count). The van der Waals surface area contributed by atoms with Crippen molar-refractivity contribution in [2.45, 2.75) is 32.3 Å². The minimum atomic E-state index is -0.630. The average Bonchev–Trinajstić information content (AvgIpc) is 2.37. The fourth-order valence-corrected chi connectivity index (χ4v) is 1.94. The van der Waals surface area contributed by atoms with Crippen LogP contribution in [0.5, 0.6) is 0 Å². The number of piperidine rings is 1. The molecule has 16 heavy (non-hydrogen) atoms. The molecule has 3 heteroatoms. The molecule has 2 heterocycles. The Labute approximate surface area is 98.1 Å². The van der Waals surface area contributed by atoms with E-state index < -0.39 is 5.60 Å². The zero-order chi connectivity index (χ0) is 12.0. The summed E-state index contributed by atoms with van der Waals surface area (Å²) in [6, 6.07) is 3.82. The van der Waals surface area contributed by atoms with Crippen molar-refractivity contribution in [3.63, 3.8) is 0 Å². The maximum Gasteiger partial charge on any atom is 0.0922 e. The van der Waals surface area contributed by atoms with E-state index in [0.29, 0.717) is 0 Å².